The van der Waals surface area contributed by atoms with Crippen molar-refractivity contribution in [3.05, 3.63) is 155 Å². The molecule has 0 amide bonds. The van der Waals surface area contributed by atoms with E-state index < -0.39 is 40.1 Å². The van der Waals surface area contributed by atoms with E-state index >= 15 is 0 Å². The minimum absolute atomic E-state index is 0.0347. The van der Waals surface area contributed by atoms with E-state index in [9.17, 15) is 33.7 Å². The molecule has 17 heteroatoms. The predicted molar refractivity (Wildman–Crippen MR) is 269 cm³/mol. The van der Waals surface area contributed by atoms with Crippen molar-refractivity contribution in [1.29, 1.82) is 0 Å². The van der Waals surface area contributed by atoms with Gasteiger partial charge in [0.25, 0.3) is 0 Å². The van der Waals surface area contributed by atoms with Crippen LogP contribution in [0.4, 0.5) is 0 Å². The molecule has 5 aromatic rings. The Morgan fingerprint density at radius 2 is 0.544 bits per heavy atom. The molecule has 6 rings (SSSR count). The summed E-state index contributed by atoms with van der Waals surface area (Å²) in [6, 6.07) is 36.5. The van der Waals surface area contributed by atoms with E-state index in [1.807, 2.05) is 58.0 Å². The van der Waals surface area contributed by atoms with Crippen LogP contribution >= 0.6 is 0 Å². The lowest BCUT2D eigenvalue weighted by Gasteiger charge is -2.28. The predicted octanol–water partition coefficient (Wildman–Crippen LogP) is 7.84. The molecule has 0 bridgehead atoms. The van der Waals surface area contributed by atoms with Gasteiger partial charge in [-0.2, -0.15) is 17.2 Å². The maximum atomic E-state index is 14.4. The van der Waals surface area contributed by atoms with Crippen molar-refractivity contribution in [3.8, 4) is 0 Å². The molecule has 1 fully saturated rings. The van der Waals surface area contributed by atoms with Crippen LogP contribution in [0.5, 0.6) is 0 Å². The highest BCUT2D eigenvalue weighted by Crippen LogP contribution is 2.24. The fraction of sp³-hybridized carbons (Fsp3) is 0.412. The van der Waals surface area contributed by atoms with Gasteiger partial charge in [0.05, 0.1) is 19.6 Å². The molecule has 68 heavy (non-hydrogen) atoms. The van der Waals surface area contributed by atoms with Crippen LogP contribution in [0.2, 0.25) is 0 Å². The Kier molecular flexibility index (Phi) is 18.7. The summed E-state index contributed by atoms with van der Waals surface area (Å²) in [6.07, 6.45) is 1.95. The Morgan fingerprint density at radius 1 is 0.309 bits per heavy atom. The molecule has 0 spiro atoms. The van der Waals surface area contributed by atoms with Crippen molar-refractivity contribution in [2.24, 2.45) is 0 Å². The van der Waals surface area contributed by atoms with E-state index in [0.717, 1.165) is 27.8 Å². The second-order valence-electron chi connectivity index (χ2n) is 17.8. The van der Waals surface area contributed by atoms with Gasteiger partial charge in [0.2, 0.25) is 40.1 Å². The van der Waals surface area contributed by atoms with Crippen LogP contribution in [-0.2, 0) is 46.6 Å². The molecule has 0 radical (unpaired) electrons. The normalized spacial score (nSPS) is 17.9. The van der Waals surface area contributed by atoms with Crippen LogP contribution in [-0.4, -0.2) is 121 Å². The molecule has 0 aliphatic carbocycles. The average Bonchev–Trinajstić information content (AvgIpc) is 3.30. The summed E-state index contributed by atoms with van der Waals surface area (Å²) in [5.41, 5.74) is 4.68. The number of benzene rings is 5. The first-order valence-electron chi connectivity index (χ1n) is 23.4. The second kappa shape index (κ2) is 24.0. The van der Waals surface area contributed by atoms with Gasteiger partial charge in [0, 0.05) is 58.9 Å². The molecular formula is C51H67N5O8S4. The topological polar surface area (TPSA) is 153 Å². The summed E-state index contributed by atoms with van der Waals surface area (Å²) in [5.74, 6) is 0. The minimum atomic E-state index is -4.04. The van der Waals surface area contributed by atoms with E-state index in [1.165, 1.54) is 17.2 Å². The lowest BCUT2D eigenvalue weighted by atomic mass is 10.2. The Morgan fingerprint density at radius 3 is 0.809 bits per heavy atom. The first kappa shape index (κ1) is 53.1. The molecule has 0 unspecified atom stereocenters. The van der Waals surface area contributed by atoms with Gasteiger partial charge in [-0.1, -0.05) is 101 Å². The van der Waals surface area contributed by atoms with Crippen LogP contribution in [0.1, 0.15) is 66.3 Å². The maximum absolute atomic E-state index is 14.4. The van der Waals surface area contributed by atoms with E-state index in [-0.39, 0.29) is 84.8 Å². The van der Waals surface area contributed by atoms with E-state index in [2.05, 4.69) is 4.90 Å². The summed E-state index contributed by atoms with van der Waals surface area (Å²) in [6.45, 7) is 9.74. The molecule has 1 aliphatic heterocycles. The maximum Gasteiger partial charge on any atom is 0.243 e. The lowest BCUT2D eigenvalue weighted by Crippen LogP contribution is -2.39. The summed E-state index contributed by atoms with van der Waals surface area (Å²) >= 11 is 0. The van der Waals surface area contributed by atoms with Gasteiger partial charge in [-0.15, -0.1) is 0 Å². The molecular weight excluding hydrogens is 939 g/mol. The molecule has 1 heterocycles. The van der Waals surface area contributed by atoms with Crippen molar-refractivity contribution in [2.45, 2.75) is 92.3 Å². The van der Waals surface area contributed by atoms with Crippen LogP contribution in [0.3, 0.4) is 0 Å². The van der Waals surface area contributed by atoms with Gasteiger partial charge in [-0.25, -0.2) is 33.7 Å². The minimum Gasteiger partial charge on any atom is -0.299 e. The number of hydrogen-bond acceptors (Lipinski definition) is 9. The zero-order chi connectivity index (χ0) is 49.0. The molecule has 1 saturated heterocycles. The molecule has 5 aromatic carbocycles. The molecule has 0 aromatic heterocycles. The molecule has 368 valence electrons. The SMILES string of the molecule is Cc1ccc(S(=O)(=O)N2CCCCN(S(=O)(=O)c3ccc(C)cc3)CCCN(S(=O)(=O)c3ccc(C)cc3)CCCN(Cc3ccccc3)CCCN(S(=O)(=O)c3ccc(C)cc3)CCC2)cc1. The van der Waals surface area contributed by atoms with Crippen LogP contribution in [0, 0.1) is 27.7 Å². The monoisotopic (exact) mass is 1010 g/mol. The largest absolute Gasteiger partial charge is 0.299 e. The highest BCUT2D eigenvalue weighted by atomic mass is 32.2. The number of aryl methyl sites for hydroxylation is 4. The third-order valence-corrected chi connectivity index (χ3v) is 20.0. The molecule has 0 atom stereocenters. The fourth-order valence-corrected chi connectivity index (χ4v) is 14.4. The Balaban J connectivity index is 1.36. The highest BCUT2D eigenvalue weighted by Gasteiger charge is 2.30. The van der Waals surface area contributed by atoms with Crippen molar-refractivity contribution in [2.75, 3.05) is 65.4 Å². The summed E-state index contributed by atoms with van der Waals surface area (Å²) in [5, 5.41) is 0. The molecule has 13 nitrogen and oxygen atoms in total. The lowest BCUT2D eigenvalue weighted by molar-refractivity contribution is 0.238. The third kappa shape index (κ3) is 14.2. The number of sulfonamides is 4. The van der Waals surface area contributed by atoms with Crippen LogP contribution < -0.4 is 0 Å². The quantitative estimate of drug-likeness (QED) is 0.136. The van der Waals surface area contributed by atoms with Crippen molar-refractivity contribution >= 4 is 40.1 Å². The van der Waals surface area contributed by atoms with Gasteiger partial charge < -0.3 is 0 Å². The van der Waals surface area contributed by atoms with Gasteiger partial charge in [-0.3, -0.25) is 4.90 Å². The van der Waals surface area contributed by atoms with Gasteiger partial charge in [0.1, 0.15) is 0 Å². The number of rotatable bonds is 10. The molecule has 0 saturated carbocycles. The van der Waals surface area contributed by atoms with Crippen molar-refractivity contribution in [3.63, 3.8) is 0 Å². The Hall–Kier alpha value is -4.30. The Bertz CT molecular complexity index is 2650. The van der Waals surface area contributed by atoms with E-state index in [1.54, 1.807) is 97.1 Å². The summed E-state index contributed by atoms with van der Waals surface area (Å²) in [7, 11) is -16.1. The fourth-order valence-electron chi connectivity index (χ4n) is 8.32. The summed E-state index contributed by atoms with van der Waals surface area (Å²) in [4.78, 5) is 2.74. The molecule has 0 N–H and O–H groups in total. The van der Waals surface area contributed by atoms with E-state index in [0.29, 0.717) is 45.3 Å². The van der Waals surface area contributed by atoms with Gasteiger partial charge >= 0.3 is 0 Å². The first-order chi connectivity index (χ1) is 32.4. The number of nitrogens with zero attached hydrogens (tertiary/aromatic N) is 5. The van der Waals surface area contributed by atoms with Gasteiger partial charge in [0.15, 0.2) is 0 Å². The zero-order valence-electron chi connectivity index (χ0n) is 39.8. The zero-order valence-corrected chi connectivity index (χ0v) is 43.0. The van der Waals surface area contributed by atoms with Crippen molar-refractivity contribution < 1.29 is 33.7 Å². The van der Waals surface area contributed by atoms with E-state index in [4.69, 9.17) is 0 Å². The average molecular weight is 1010 g/mol. The summed E-state index contributed by atoms with van der Waals surface area (Å²) < 4.78 is 121. The van der Waals surface area contributed by atoms with Crippen molar-refractivity contribution in [1.82, 2.24) is 22.1 Å². The van der Waals surface area contributed by atoms with Gasteiger partial charge in [-0.05, 0) is 133 Å². The standard InChI is InChI=1S/C51H67N5O8S4/c1-43-16-24-48(25-17-43)65(57,58)53-34-8-9-35-54(66(59,60)49-26-18-44(2)19-27-49)39-13-41-56(68(63,64)51-30-22-46(4)23-31-51)37-11-33-52(42-47-14-6-5-7-15-47)32-10-36-55(40-12-38-53)67(61,62)50-28-20-45(3)21-29-50/h5-7,14-31H,8-13,32-42H2,1-4H3. The van der Waals surface area contributed by atoms with Crippen LogP contribution in [0.15, 0.2) is 147 Å². The van der Waals surface area contributed by atoms with Crippen LogP contribution in [0.25, 0.3) is 0 Å². The number of hydrogen-bond donors (Lipinski definition) is 0. The first-order valence-corrected chi connectivity index (χ1v) is 29.2. The Labute approximate surface area is 406 Å². The molecule has 1 aliphatic rings. The smallest absolute Gasteiger partial charge is 0.243 e. The second-order valence-corrected chi connectivity index (χ2v) is 25.5. The highest BCUT2D eigenvalue weighted by molar-refractivity contribution is 7.90. The third-order valence-electron chi connectivity index (χ3n) is 12.3.